The van der Waals surface area contributed by atoms with Crippen LogP contribution in [0.25, 0.3) is 0 Å². The van der Waals surface area contributed by atoms with Crippen LogP contribution in [0.3, 0.4) is 0 Å². The summed E-state index contributed by atoms with van der Waals surface area (Å²) in [5.74, 6) is 1.16. The van der Waals surface area contributed by atoms with E-state index in [4.69, 9.17) is 9.47 Å². The summed E-state index contributed by atoms with van der Waals surface area (Å²) in [6.07, 6.45) is 0.286. The standard InChI is InChI=1S/C24H30N4O4/c1-31-21-9-8-20(15-22(21)32-2)28-17-19(14-23(28)29)25-24(30)27-12-10-26(11-13-27)16-18-6-4-3-5-7-18/h3-9,15,19H,10-14,16-17H2,1-2H3,(H,25,30)/t19-/m1/s1. The number of methoxy groups -OCH3 is 2. The van der Waals surface area contributed by atoms with Gasteiger partial charge in [-0.3, -0.25) is 9.69 Å². The number of amides is 3. The summed E-state index contributed by atoms with van der Waals surface area (Å²) in [5.41, 5.74) is 2.02. The number of nitrogens with one attached hydrogen (secondary N) is 1. The summed E-state index contributed by atoms with van der Waals surface area (Å²) in [5, 5.41) is 3.04. The summed E-state index contributed by atoms with van der Waals surface area (Å²) >= 11 is 0. The maximum absolute atomic E-state index is 12.8. The molecule has 8 nitrogen and oxygen atoms in total. The Morgan fingerprint density at radius 2 is 1.72 bits per heavy atom. The lowest BCUT2D eigenvalue weighted by Crippen LogP contribution is -2.53. The van der Waals surface area contributed by atoms with Crippen LogP contribution in [-0.4, -0.2) is 74.7 Å². The number of carbonyl (C=O) groups excluding carboxylic acids is 2. The third kappa shape index (κ3) is 4.96. The summed E-state index contributed by atoms with van der Waals surface area (Å²) in [7, 11) is 3.14. The lowest BCUT2D eigenvalue weighted by Gasteiger charge is -2.35. The molecule has 1 N–H and O–H groups in total. The molecule has 2 saturated heterocycles. The summed E-state index contributed by atoms with van der Waals surface area (Å²) in [4.78, 5) is 31.3. The zero-order valence-electron chi connectivity index (χ0n) is 18.6. The zero-order chi connectivity index (χ0) is 22.5. The van der Waals surface area contributed by atoms with Crippen molar-refractivity contribution in [2.75, 3.05) is 51.8 Å². The molecule has 2 aromatic carbocycles. The fraction of sp³-hybridized carbons (Fsp3) is 0.417. The fourth-order valence-electron chi connectivity index (χ4n) is 4.26. The van der Waals surface area contributed by atoms with E-state index in [-0.39, 0.29) is 24.4 Å². The van der Waals surface area contributed by atoms with Crippen LogP contribution in [0.4, 0.5) is 10.5 Å². The summed E-state index contributed by atoms with van der Waals surface area (Å²) in [6, 6.07) is 15.4. The van der Waals surface area contributed by atoms with E-state index in [0.717, 1.165) is 25.3 Å². The van der Waals surface area contributed by atoms with Crippen LogP contribution in [0, 0.1) is 0 Å². The Bertz CT molecular complexity index is 944. The van der Waals surface area contributed by atoms with Gasteiger partial charge in [0.15, 0.2) is 11.5 Å². The Hall–Kier alpha value is -3.26. The van der Waals surface area contributed by atoms with Crippen LogP contribution >= 0.6 is 0 Å². The molecule has 1 atom stereocenters. The summed E-state index contributed by atoms with van der Waals surface area (Å²) in [6.45, 7) is 4.37. The molecule has 0 aromatic heterocycles. The van der Waals surface area contributed by atoms with Gasteiger partial charge in [-0.2, -0.15) is 0 Å². The van der Waals surface area contributed by atoms with Crippen molar-refractivity contribution in [1.29, 1.82) is 0 Å². The Labute approximate surface area is 188 Å². The number of anilines is 1. The fourth-order valence-corrected chi connectivity index (χ4v) is 4.26. The van der Waals surface area contributed by atoms with E-state index >= 15 is 0 Å². The van der Waals surface area contributed by atoms with Gasteiger partial charge in [-0.1, -0.05) is 30.3 Å². The third-order valence-corrected chi connectivity index (χ3v) is 6.04. The quantitative estimate of drug-likeness (QED) is 0.750. The molecule has 0 spiro atoms. The molecule has 32 heavy (non-hydrogen) atoms. The number of urea groups is 1. The summed E-state index contributed by atoms with van der Waals surface area (Å²) < 4.78 is 10.6. The minimum atomic E-state index is -0.217. The average molecular weight is 439 g/mol. The largest absolute Gasteiger partial charge is 0.493 e. The maximum atomic E-state index is 12.8. The molecule has 2 aliphatic rings. The molecule has 2 heterocycles. The van der Waals surface area contributed by atoms with Crippen molar-refractivity contribution in [1.82, 2.24) is 15.1 Å². The molecule has 8 heteroatoms. The Kier molecular flexibility index (Phi) is 6.80. The van der Waals surface area contributed by atoms with Crippen molar-refractivity contribution in [3.8, 4) is 11.5 Å². The minimum Gasteiger partial charge on any atom is -0.493 e. The first kappa shape index (κ1) is 22.0. The number of hydrogen-bond donors (Lipinski definition) is 1. The lowest BCUT2D eigenvalue weighted by atomic mass is 10.2. The Morgan fingerprint density at radius 1 is 1.00 bits per heavy atom. The Morgan fingerprint density at radius 3 is 2.41 bits per heavy atom. The third-order valence-electron chi connectivity index (χ3n) is 6.04. The van der Waals surface area contributed by atoms with Gasteiger partial charge in [-0.15, -0.1) is 0 Å². The van der Waals surface area contributed by atoms with E-state index in [2.05, 4.69) is 22.3 Å². The van der Waals surface area contributed by atoms with Crippen LogP contribution in [0.5, 0.6) is 11.5 Å². The number of nitrogens with zero attached hydrogens (tertiary/aromatic N) is 3. The molecule has 2 fully saturated rings. The van der Waals surface area contributed by atoms with Gasteiger partial charge in [-0.05, 0) is 17.7 Å². The molecule has 0 bridgehead atoms. The monoisotopic (exact) mass is 438 g/mol. The number of ether oxygens (including phenoxy) is 2. The molecule has 2 aromatic rings. The number of hydrogen-bond acceptors (Lipinski definition) is 5. The highest BCUT2D eigenvalue weighted by molar-refractivity contribution is 5.97. The van der Waals surface area contributed by atoms with E-state index in [0.29, 0.717) is 31.1 Å². The van der Waals surface area contributed by atoms with E-state index in [9.17, 15) is 9.59 Å². The van der Waals surface area contributed by atoms with E-state index in [1.54, 1.807) is 31.3 Å². The number of piperazine rings is 1. The van der Waals surface area contributed by atoms with Gasteiger partial charge in [0.1, 0.15) is 0 Å². The molecule has 170 valence electrons. The highest BCUT2D eigenvalue weighted by Crippen LogP contribution is 2.33. The molecule has 0 unspecified atom stereocenters. The second kappa shape index (κ2) is 9.91. The maximum Gasteiger partial charge on any atom is 0.317 e. The van der Waals surface area contributed by atoms with Crippen molar-refractivity contribution in [3.63, 3.8) is 0 Å². The van der Waals surface area contributed by atoms with Crippen LogP contribution in [0.15, 0.2) is 48.5 Å². The van der Waals surface area contributed by atoms with E-state index in [1.165, 1.54) is 5.56 Å². The minimum absolute atomic E-state index is 0.0183. The van der Waals surface area contributed by atoms with Gasteiger partial charge in [-0.25, -0.2) is 4.79 Å². The molecule has 4 rings (SSSR count). The average Bonchev–Trinajstić information content (AvgIpc) is 3.19. The number of benzene rings is 2. The van der Waals surface area contributed by atoms with Crippen LogP contribution in [0.2, 0.25) is 0 Å². The highest BCUT2D eigenvalue weighted by Gasteiger charge is 2.33. The second-order valence-corrected chi connectivity index (χ2v) is 8.14. The van der Waals surface area contributed by atoms with Crippen molar-refractivity contribution < 1.29 is 19.1 Å². The first-order chi connectivity index (χ1) is 15.6. The van der Waals surface area contributed by atoms with E-state index < -0.39 is 0 Å². The van der Waals surface area contributed by atoms with Crippen molar-refractivity contribution in [2.45, 2.75) is 19.0 Å². The molecular weight excluding hydrogens is 408 g/mol. The van der Waals surface area contributed by atoms with Crippen LogP contribution in [-0.2, 0) is 11.3 Å². The van der Waals surface area contributed by atoms with Crippen LogP contribution < -0.4 is 19.7 Å². The first-order valence-electron chi connectivity index (χ1n) is 10.9. The lowest BCUT2D eigenvalue weighted by molar-refractivity contribution is -0.117. The van der Waals surface area contributed by atoms with Gasteiger partial charge in [0.05, 0.1) is 20.3 Å². The predicted molar refractivity (Wildman–Crippen MR) is 122 cm³/mol. The van der Waals surface area contributed by atoms with Crippen molar-refractivity contribution >= 4 is 17.6 Å². The van der Waals surface area contributed by atoms with Gasteiger partial charge < -0.3 is 24.6 Å². The topological polar surface area (TPSA) is 74.4 Å². The molecular formula is C24H30N4O4. The predicted octanol–water partition coefficient (Wildman–Crippen LogP) is 2.34. The molecule has 0 aliphatic carbocycles. The number of rotatable bonds is 6. The van der Waals surface area contributed by atoms with E-state index in [1.807, 2.05) is 29.2 Å². The second-order valence-electron chi connectivity index (χ2n) is 8.14. The van der Waals surface area contributed by atoms with Gasteiger partial charge in [0.2, 0.25) is 5.91 Å². The van der Waals surface area contributed by atoms with Crippen molar-refractivity contribution in [3.05, 3.63) is 54.1 Å². The molecule has 2 aliphatic heterocycles. The van der Waals surface area contributed by atoms with Crippen molar-refractivity contribution in [2.24, 2.45) is 0 Å². The van der Waals surface area contributed by atoms with Crippen LogP contribution in [0.1, 0.15) is 12.0 Å². The molecule has 3 amide bonds. The highest BCUT2D eigenvalue weighted by atomic mass is 16.5. The normalized spacial score (nSPS) is 19.2. The first-order valence-corrected chi connectivity index (χ1v) is 10.9. The Balaban J connectivity index is 1.29. The smallest absolute Gasteiger partial charge is 0.317 e. The zero-order valence-corrected chi connectivity index (χ0v) is 18.6. The molecule has 0 saturated carbocycles. The van der Waals surface area contributed by atoms with Gasteiger partial charge in [0.25, 0.3) is 0 Å². The van der Waals surface area contributed by atoms with Gasteiger partial charge in [0, 0.05) is 57.4 Å². The number of carbonyl (C=O) groups is 2. The SMILES string of the molecule is COc1ccc(N2C[C@H](NC(=O)N3CCN(Cc4ccccc4)CC3)CC2=O)cc1OC. The van der Waals surface area contributed by atoms with Gasteiger partial charge >= 0.3 is 6.03 Å². The molecule has 0 radical (unpaired) electrons.